The van der Waals surface area contributed by atoms with Crippen LogP contribution < -0.4 is 9.64 Å². The molecule has 1 aromatic heterocycles. The van der Waals surface area contributed by atoms with E-state index in [4.69, 9.17) is 14.2 Å². The molecule has 1 unspecified atom stereocenters. The molecular weight excluding hydrogens is 582 g/mol. The first-order valence-electron chi connectivity index (χ1n) is 15.1. The molecule has 3 aliphatic rings. The van der Waals surface area contributed by atoms with Crippen LogP contribution in [0.1, 0.15) is 70.5 Å². The van der Waals surface area contributed by atoms with Crippen molar-refractivity contribution < 1.29 is 33.4 Å². The Hall–Kier alpha value is -4.25. The third kappa shape index (κ3) is 6.93. The number of rotatable bonds is 10. The van der Waals surface area contributed by atoms with E-state index in [0.717, 1.165) is 5.69 Å². The predicted octanol–water partition coefficient (Wildman–Crippen LogP) is 4.85. The summed E-state index contributed by atoms with van der Waals surface area (Å²) in [6.07, 6.45) is 5.10. The molecule has 3 atom stereocenters. The Kier molecular flexibility index (Phi) is 8.92. The number of hydrogen-bond donors (Lipinski definition) is 0. The molecule has 1 saturated carbocycles. The molecule has 3 fully saturated rings. The maximum atomic E-state index is 13.5. The highest BCUT2D eigenvalue weighted by Crippen LogP contribution is 2.40. The summed E-state index contributed by atoms with van der Waals surface area (Å²) in [4.78, 5) is 54.5. The lowest BCUT2D eigenvalue weighted by molar-refractivity contribution is -0.139. The minimum Gasteiger partial charge on any atom is -0.491 e. The van der Waals surface area contributed by atoms with Crippen molar-refractivity contribution in [2.24, 2.45) is 5.92 Å². The summed E-state index contributed by atoms with van der Waals surface area (Å²) in [6.45, 7) is 3.16. The molecule has 2 saturated heterocycles. The standard InChI is InChI=1S/C33H35N3O7S/c1-21(36(32(39)29-14-15-34-44-29)26-10-6-23(7-11-26)22-4-5-22)19-41-27-12-8-24(9-13-27)33(40)43-28-3-2-16-35(18-28)31(38)25-17-30(37)42-20-25/h6-15,21-22,25,28H,2-5,16-20H2,1H3/t21?,25-,28+/m1/s1. The Morgan fingerprint density at radius 3 is 2.50 bits per heavy atom. The fourth-order valence-corrected chi connectivity index (χ4v) is 6.24. The van der Waals surface area contributed by atoms with Gasteiger partial charge in [-0.25, -0.2) is 9.17 Å². The Morgan fingerprint density at radius 1 is 1.07 bits per heavy atom. The second kappa shape index (κ2) is 13.2. The van der Waals surface area contributed by atoms with Gasteiger partial charge in [-0.1, -0.05) is 12.1 Å². The molecule has 2 aliphatic heterocycles. The number of likely N-dealkylation sites (tertiary alicyclic amines) is 1. The van der Waals surface area contributed by atoms with Gasteiger partial charge >= 0.3 is 11.9 Å². The molecule has 11 heteroatoms. The van der Waals surface area contributed by atoms with Crippen LogP contribution in [-0.2, 0) is 19.1 Å². The number of carbonyl (C=O) groups is 4. The van der Waals surface area contributed by atoms with Gasteiger partial charge in [0.2, 0.25) is 5.91 Å². The van der Waals surface area contributed by atoms with Gasteiger partial charge < -0.3 is 24.0 Å². The van der Waals surface area contributed by atoms with E-state index in [1.54, 1.807) is 46.3 Å². The number of anilines is 1. The average molecular weight is 618 g/mol. The van der Waals surface area contributed by atoms with Crippen LogP contribution in [-0.4, -0.2) is 71.5 Å². The molecular formula is C33H35N3O7S. The number of carbonyl (C=O) groups excluding carboxylic acids is 4. The Morgan fingerprint density at radius 2 is 1.84 bits per heavy atom. The molecule has 0 bridgehead atoms. The molecule has 230 valence electrons. The number of nitrogens with zero attached hydrogens (tertiary/aromatic N) is 3. The summed E-state index contributed by atoms with van der Waals surface area (Å²) in [5.41, 5.74) is 2.48. The van der Waals surface area contributed by atoms with Gasteiger partial charge in [-0.15, -0.1) is 0 Å². The zero-order chi connectivity index (χ0) is 30.6. The predicted molar refractivity (Wildman–Crippen MR) is 163 cm³/mol. The SMILES string of the molecule is CC(COc1ccc(C(=O)O[C@H]2CCCN(C(=O)[C@H]3COC(=O)C3)C2)cc1)N(C(=O)c1ccns1)c1ccc(C2CC2)cc1. The second-order valence-corrected chi connectivity index (χ2v) is 12.5. The minimum atomic E-state index is -0.473. The number of amides is 2. The van der Waals surface area contributed by atoms with Crippen molar-refractivity contribution in [3.8, 4) is 5.75 Å². The van der Waals surface area contributed by atoms with Gasteiger partial charge in [0.05, 0.1) is 30.5 Å². The molecule has 1 aliphatic carbocycles. The van der Waals surface area contributed by atoms with E-state index in [0.29, 0.717) is 48.0 Å². The summed E-state index contributed by atoms with van der Waals surface area (Å²) in [7, 11) is 0. The molecule has 0 radical (unpaired) electrons. The lowest BCUT2D eigenvalue weighted by Gasteiger charge is -2.33. The maximum Gasteiger partial charge on any atom is 0.338 e. The summed E-state index contributed by atoms with van der Waals surface area (Å²) in [6, 6.07) is 16.3. The zero-order valence-corrected chi connectivity index (χ0v) is 25.4. The van der Waals surface area contributed by atoms with Gasteiger partial charge in [-0.2, -0.15) is 0 Å². The van der Waals surface area contributed by atoms with E-state index in [2.05, 4.69) is 16.5 Å². The van der Waals surface area contributed by atoms with Crippen LogP contribution >= 0.6 is 11.5 Å². The highest BCUT2D eigenvalue weighted by atomic mass is 32.1. The molecule has 3 aromatic rings. The van der Waals surface area contributed by atoms with Crippen LogP contribution in [0.5, 0.6) is 5.75 Å². The fourth-order valence-electron chi connectivity index (χ4n) is 5.70. The minimum absolute atomic E-state index is 0.0981. The molecule has 10 nitrogen and oxygen atoms in total. The summed E-state index contributed by atoms with van der Waals surface area (Å²) < 4.78 is 20.8. The topological polar surface area (TPSA) is 115 Å². The number of esters is 2. The molecule has 44 heavy (non-hydrogen) atoms. The van der Waals surface area contributed by atoms with E-state index < -0.39 is 18.0 Å². The van der Waals surface area contributed by atoms with Crippen LogP contribution in [0.3, 0.4) is 0 Å². The highest BCUT2D eigenvalue weighted by molar-refractivity contribution is 7.08. The van der Waals surface area contributed by atoms with E-state index >= 15 is 0 Å². The number of ether oxygens (including phenoxy) is 3. The second-order valence-electron chi connectivity index (χ2n) is 11.6. The van der Waals surface area contributed by atoms with Crippen molar-refractivity contribution in [1.82, 2.24) is 9.27 Å². The van der Waals surface area contributed by atoms with Crippen molar-refractivity contribution in [3.63, 3.8) is 0 Å². The zero-order valence-electron chi connectivity index (χ0n) is 24.6. The van der Waals surface area contributed by atoms with E-state index in [1.165, 1.54) is 29.9 Å². The van der Waals surface area contributed by atoms with Crippen LogP contribution in [0.4, 0.5) is 5.69 Å². The largest absolute Gasteiger partial charge is 0.491 e. The van der Waals surface area contributed by atoms with Gasteiger partial charge in [0, 0.05) is 18.4 Å². The van der Waals surface area contributed by atoms with E-state index in [1.807, 2.05) is 19.1 Å². The van der Waals surface area contributed by atoms with E-state index in [-0.39, 0.29) is 43.5 Å². The average Bonchev–Trinajstić information content (AvgIpc) is 3.55. The van der Waals surface area contributed by atoms with Gasteiger partial charge in [-0.3, -0.25) is 14.4 Å². The molecule has 0 spiro atoms. The number of hydrogen-bond acceptors (Lipinski definition) is 9. The monoisotopic (exact) mass is 617 g/mol. The first-order valence-corrected chi connectivity index (χ1v) is 15.9. The third-order valence-corrected chi connectivity index (χ3v) is 9.02. The number of cyclic esters (lactones) is 1. The first-order chi connectivity index (χ1) is 21.4. The van der Waals surface area contributed by atoms with Crippen molar-refractivity contribution >= 4 is 41.0 Å². The van der Waals surface area contributed by atoms with Gasteiger partial charge in [-0.05, 0) is 98.1 Å². The number of benzene rings is 2. The quantitative estimate of drug-likeness (QED) is 0.297. The summed E-state index contributed by atoms with van der Waals surface area (Å²) in [5, 5.41) is 0. The number of aromatic nitrogens is 1. The maximum absolute atomic E-state index is 13.5. The molecule has 2 amide bonds. The molecule has 6 rings (SSSR count). The third-order valence-electron chi connectivity index (χ3n) is 8.28. The lowest BCUT2D eigenvalue weighted by Crippen LogP contribution is -2.46. The first kappa shape index (κ1) is 29.8. The highest BCUT2D eigenvalue weighted by Gasteiger charge is 2.36. The van der Waals surface area contributed by atoms with Crippen molar-refractivity contribution in [2.45, 2.75) is 57.1 Å². The van der Waals surface area contributed by atoms with Gasteiger partial charge in [0.15, 0.2) is 0 Å². The lowest BCUT2D eigenvalue weighted by atomic mass is 10.0. The van der Waals surface area contributed by atoms with Crippen LogP contribution in [0, 0.1) is 5.92 Å². The summed E-state index contributed by atoms with van der Waals surface area (Å²) in [5.74, 6) is -0.361. The Balaban J connectivity index is 1.04. The van der Waals surface area contributed by atoms with Gasteiger partial charge in [0.1, 0.15) is 29.9 Å². The normalized spacial score (nSPS) is 20.5. The van der Waals surface area contributed by atoms with Crippen molar-refractivity contribution in [1.29, 1.82) is 0 Å². The Labute approximate surface area is 260 Å². The van der Waals surface area contributed by atoms with Gasteiger partial charge in [0.25, 0.3) is 5.91 Å². The molecule has 3 heterocycles. The van der Waals surface area contributed by atoms with Crippen LogP contribution in [0.15, 0.2) is 60.8 Å². The van der Waals surface area contributed by atoms with Crippen molar-refractivity contribution in [3.05, 3.63) is 76.8 Å². The molecule has 0 N–H and O–H groups in total. The smallest absolute Gasteiger partial charge is 0.338 e. The Bertz CT molecular complexity index is 1490. The van der Waals surface area contributed by atoms with E-state index in [9.17, 15) is 19.2 Å². The van der Waals surface area contributed by atoms with Crippen molar-refractivity contribution in [2.75, 3.05) is 31.2 Å². The fraction of sp³-hybridized carbons (Fsp3) is 0.424. The summed E-state index contributed by atoms with van der Waals surface area (Å²) >= 11 is 1.17. The number of piperidine rings is 1. The van der Waals surface area contributed by atoms with Crippen LogP contribution in [0.2, 0.25) is 0 Å². The van der Waals surface area contributed by atoms with Crippen LogP contribution in [0.25, 0.3) is 0 Å². The molecule has 2 aromatic carbocycles.